The van der Waals surface area contributed by atoms with Crippen molar-refractivity contribution >= 4 is 12.0 Å². The molecule has 1 rings (SSSR count). The summed E-state index contributed by atoms with van der Waals surface area (Å²) in [6, 6.07) is 7.95. The summed E-state index contributed by atoms with van der Waals surface area (Å²) in [5, 5.41) is 8.51. The van der Waals surface area contributed by atoms with Gasteiger partial charge in [-0.25, -0.2) is 0 Å². The number of allylic oxidation sites excluding steroid dienone is 1. The molecule has 0 spiro atoms. The maximum atomic E-state index is 10.3. The summed E-state index contributed by atoms with van der Waals surface area (Å²) in [6.07, 6.45) is 7.94. The molecule has 0 unspecified atom stereocenters. The van der Waals surface area contributed by atoms with Gasteiger partial charge in [-0.1, -0.05) is 37.6 Å². The normalized spacial score (nSPS) is 10.8. The minimum Gasteiger partial charge on any atom is -0.494 e. The Labute approximate surface area is 114 Å². The molecule has 0 amide bonds. The van der Waals surface area contributed by atoms with Crippen molar-refractivity contribution in [1.82, 2.24) is 0 Å². The Kier molecular flexibility index (Phi) is 7.40. The summed E-state index contributed by atoms with van der Waals surface area (Å²) in [4.78, 5) is 10.3. The molecule has 3 nitrogen and oxygen atoms in total. The van der Waals surface area contributed by atoms with Gasteiger partial charge in [-0.3, -0.25) is 4.79 Å². The van der Waals surface area contributed by atoms with Crippen LogP contribution in [-0.4, -0.2) is 17.7 Å². The zero-order valence-electron chi connectivity index (χ0n) is 11.5. The molecule has 0 fully saturated rings. The quantitative estimate of drug-likeness (QED) is 0.680. The maximum Gasteiger partial charge on any atom is 0.303 e. The van der Waals surface area contributed by atoms with E-state index in [9.17, 15) is 4.79 Å². The summed E-state index contributed by atoms with van der Waals surface area (Å²) in [7, 11) is 0. The fourth-order valence-electron chi connectivity index (χ4n) is 1.60. The second kappa shape index (κ2) is 9.20. The van der Waals surface area contributed by atoms with Crippen LogP contribution in [0.1, 0.15) is 44.6 Å². The number of benzene rings is 1. The predicted molar refractivity (Wildman–Crippen MR) is 77.4 cm³/mol. The number of unbranched alkanes of at least 4 members (excludes halogenated alkanes) is 2. The van der Waals surface area contributed by atoms with E-state index in [1.54, 1.807) is 0 Å². The molecule has 0 aromatic heterocycles. The predicted octanol–water partition coefficient (Wildman–Crippen LogP) is 4.13. The zero-order valence-corrected chi connectivity index (χ0v) is 11.5. The molecule has 1 aromatic rings. The Bertz CT molecular complexity index is 393. The van der Waals surface area contributed by atoms with Crippen molar-refractivity contribution in [2.45, 2.75) is 39.0 Å². The molecule has 0 aliphatic heterocycles. The van der Waals surface area contributed by atoms with E-state index < -0.39 is 5.97 Å². The topological polar surface area (TPSA) is 46.5 Å². The Hall–Kier alpha value is -1.77. The van der Waals surface area contributed by atoms with Crippen molar-refractivity contribution in [3.63, 3.8) is 0 Å². The van der Waals surface area contributed by atoms with Gasteiger partial charge < -0.3 is 9.84 Å². The zero-order chi connectivity index (χ0) is 13.9. The molecule has 0 heterocycles. The smallest absolute Gasteiger partial charge is 0.303 e. The van der Waals surface area contributed by atoms with E-state index in [2.05, 4.69) is 6.92 Å². The van der Waals surface area contributed by atoms with Crippen LogP contribution in [0.4, 0.5) is 0 Å². The molecule has 0 atom stereocenters. The van der Waals surface area contributed by atoms with Crippen LogP contribution in [0.5, 0.6) is 5.75 Å². The first-order valence-electron chi connectivity index (χ1n) is 6.83. The van der Waals surface area contributed by atoms with Crippen LogP contribution in [0.2, 0.25) is 0 Å². The van der Waals surface area contributed by atoms with Crippen molar-refractivity contribution in [2.24, 2.45) is 0 Å². The number of carbonyl (C=O) groups is 1. The molecule has 0 bridgehead atoms. The summed E-state index contributed by atoms with van der Waals surface area (Å²) in [5.74, 6) is 0.165. The van der Waals surface area contributed by atoms with E-state index in [0.29, 0.717) is 6.42 Å². The van der Waals surface area contributed by atoms with Crippen molar-refractivity contribution in [2.75, 3.05) is 6.61 Å². The number of rotatable bonds is 9. The van der Waals surface area contributed by atoms with Crippen molar-refractivity contribution in [3.8, 4) is 5.75 Å². The van der Waals surface area contributed by atoms with E-state index in [-0.39, 0.29) is 6.42 Å². The van der Waals surface area contributed by atoms with Gasteiger partial charge in [0.15, 0.2) is 0 Å². The minimum atomic E-state index is -0.734. The van der Waals surface area contributed by atoms with Crippen LogP contribution < -0.4 is 4.74 Å². The van der Waals surface area contributed by atoms with Gasteiger partial charge >= 0.3 is 5.97 Å². The second-order valence-electron chi connectivity index (χ2n) is 4.46. The number of hydrogen-bond acceptors (Lipinski definition) is 2. The van der Waals surface area contributed by atoms with Crippen molar-refractivity contribution in [3.05, 3.63) is 35.9 Å². The maximum absolute atomic E-state index is 10.3. The van der Waals surface area contributed by atoms with E-state index in [1.165, 1.54) is 0 Å². The van der Waals surface area contributed by atoms with E-state index in [1.807, 2.05) is 36.4 Å². The minimum absolute atomic E-state index is 0.231. The molecule has 0 radical (unpaired) electrons. The highest BCUT2D eigenvalue weighted by atomic mass is 16.5. The van der Waals surface area contributed by atoms with E-state index in [0.717, 1.165) is 37.2 Å². The Morgan fingerprint density at radius 1 is 1.26 bits per heavy atom. The van der Waals surface area contributed by atoms with Gasteiger partial charge in [0.2, 0.25) is 0 Å². The van der Waals surface area contributed by atoms with Crippen LogP contribution in [0.25, 0.3) is 6.08 Å². The average Bonchev–Trinajstić information content (AvgIpc) is 2.40. The average molecular weight is 262 g/mol. The molecule has 104 valence electrons. The van der Waals surface area contributed by atoms with Gasteiger partial charge in [0.25, 0.3) is 0 Å². The number of ether oxygens (including phenoxy) is 1. The lowest BCUT2D eigenvalue weighted by Gasteiger charge is -2.04. The molecule has 0 aliphatic carbocycles. The summed E-state index contributed by atoms with van der Waals surface area (Å²) in [6.45, 7) is 2.91. The Morgan fingerprint density at radius 2 is 2.00 bits per heavy atom. The van der Waals surface area contributed by atoms with Crippen molar-refractivity contribution in [1.29, 1.82) is 0 Å². The highest BCUT2D eigenvalue weighted by Crippen LogP contribution is 2.14. The lowest BCUT2D eigenvalue weighted by molar-refractivity contribution is -0.137. The number of carboxylic acids is 1. The summed E-state index contributed by atoms with van der Waals surface area (Å²) in [5.41, 5.74) is 1.11. The fraction of sp³-hybridized carbons (Fsp3) is 0.438. The molecule has 0 saturated carbocycles. The first-order chi connectivity index (χ1) is 9.22. The summed E-state index contributed by atoms with van der Waals surface area (Å²) >= 11 is 0. The highest BCUT2D eigenvalue weighted by Gasteiger charge is 1.95. The van der Waals surface area contributed by atoms with Gasteiger partial charge in [-0.15, -0.1) is 0 Å². The molecule has 1 aromatic carbocycles. The second-order valence-corrected chi connectivity index (χ2v) is 4.46. The summed E-state index contributed by atoms with van der Waals surface area (Å²) < 4.78 is 5.58. The third-order valence-corrected chi connectivity index (χ3v) is 2.72. The molecule has 0 aliphatic rings. The molecule has 19 heavy (non-hydrogen) atoms. The van der Waals surface area contributed by atoms with E-state index >= 15 is 0 Å². The third kappa shape index (κ3) is 7.29. The van der Waals surface area contributed by atoms with Crippen LogP contribution in [0.15, 0.2) is 30.3 Å². The molecular weight excluding hydrogens is 240 g/mol. The van der Waals surface area contributed by atoms with Gasteiger partial charge in [-0.05, 0) is 37.0 Å². The van der Waals surface area contributed by atoms with Crippen LogP contribution >= 0.6 is 0 Å². The Morgan fingerprint density at radius 3 is 2.63 bits per heavy atom. The molecule has 0 saturated heterocycles. The van der Waals surface area contributed by atoms with Crippen LogP contribution in [0.3, 0.4) is 0 Å². The molecule has 1 N–H and O–H groups in total. The monoisotopic (exact) mass is 262 g/mol. The van der Waals surface area contributed by atoms with Crippen molar-refractivity contribution < 1.29 is 14.6 Å². The van der Waals surface area contributed by atoms with Gasteiger partial charge in [0.1, 0.15) is 5.75 Å². The van der Waals surface area contributed by atoms with Gasteiger partial charge in [-0.2, -0.15) is 0 Å². The van der Waals surface area contributed by atoms with Crippen LogP contribution in [-0.2, 0) is 4.79 Å². The number of aliphatic carboxylic acids is 1. The van der Waals surface area contributed by atoms with Gasteiger partial charge in [0, 0.05) is 6.42 Å². The number of hydrogen-bond donors (Lipinski definition) is 1. The molecular formula is C16H22O3. The number of carboxylic acid groups (broad SMARTS) is 1. The molecule has 3 heteroatoms. The Balaban J connectivity index is 2.31. The lowest BCUT2D eigenvalue weighted by atomic mass is 10.1. The highest BCUT2D eigenvalue weighted by molar-refractivity contribution is 5.66. The SMILES string of the molecule is CCCCOc1ccc(C=CCCCC(=O)O)cc1. The largest absolute Gasteiger partial charge is 0.494 e. The van der Waals surface area contributed by atoms with E-state index in [4.69, 9.17) is 9.84 Å². The standard InChI is InChI=1S/C16H22O3/c1-2-3-13-19-15-11-9-14(10-12-15)7-5-4-6-8-16(17)18/h5,7,9-12H,2-4,6,8,13H2,1H3,(H,17,18). The third-order valence-electron chi connectivity index (χ3n) is 2.72. The first-order valence-corrected chi connectivity index (χ1v) is 6.83. The first kappa shape index (κ1) is 15.3. The van der Waals surface area contributed by atoms with Gasteiger partial charge in [0.05, 0.1) is 6.61 Å². The van der Waals surface area contributed by atoms with Crippen LogP contribution in [0, 0.1) is 0 Å². The fourth-order valence-corrected chi connectivity index (χ4v) is 1.60. The lowest BCUT2D eigenvalue weighted by Crippen LogP contribution is -1.95.